The number of aryl methyl sites for hydroxylation is 1. The molecule has 2 aromatic carbocycles. The van der Waals surface area contributed by atoms with Crippen molar-refractivity contribution in [2.45, 2.75) is 24.7 Å². The fourth-order valence-electron chi connectivity index (χ4n) is 4.00. The summed E-state index contributed by atoms with van der Waals surface area (Å²) in [5.41, 5.74) is 2.64. The summed E-state index contributed by atoms with van der Waals surface area (Å²) in [6, 6.07) is 16.1. The quantitative estimate of drug-likeness (QED) is 0.292. The predicted molar refractivity (Wildman–Crippen MR) is 154 cm³/mol. The van der Waals surface area contributed by atoms with Crippen LogP contribution in [-0.4, -0.2) is 26.0 Å². The highest BCUT2D eigenvalue weighted by molar-refractivity contribution is 8.03. The predicted octanol–water partition coefficient (Wildman–Crippen LogP) is 4.60. The first-order chi connectivity index (χ1) is 19.0. The van der Waals surface area contributed by atoms with Gasteiger partial charge in [-0.05, 0) is 67.9 Å². The second kappa shape index (κ2) is 12.0. The number of sulfonamides is 1. The molecule has 3 aromatic rings. The number of carbonyl (C=O) groups is 2. The van der Waals surface area contributed by atoms with Crippen molar-refractivity contribution in [1.82, 2.24) is 5.32 Å². The Labute approximate surface area is 240 Å². The number of amides is 2. The second-order valence-corrected chi connectivity index (χ2v) is 11.7. The van der Waals surface area contributed by atoms with Crippen LogP contribution in [0.2, 0.25) is 5.02 Å². The van der Waals surface area contributed by atoms with Crippen LogP contribution in [-0.2, 0) is 19.6 Å². The third kappa shape index (κ3) is 6.57. The van der Waals surface area contributed by atoms with Crippen LogP contribution >= 0.6 is 23.4 Å². The van der Waals surface area contributed by atoms with Gasteiger partial charge >= 0.3 is 0 Å². The number of hydrogen-bond donors (Lipinski definition) is 4. The van der Waals surface area contributed by atoms with Crippen molar-refractivity contribution >= 4 is 56.6 Å². The summed E-state index contributed by atoms with van der Waals surface area (Å²) >= 11 is 7.26. The van der Waals surface area contributed by atoms with E-state index in [1.807, 2.05) is 6.92 Å². The molecule has 0 fully saturated rings. The summed E-state index contributed by atoms with van der Waals surface area (Å²) in [7, 11) is -3.89. The molecule has 0 aliphatic carbocycles. The number of nitrogens with zero attached hydrogens (tertiary/aromatic N) is 1. The minimum Gasteiger partial charge on any atom is -0.468 e. The number of halogens is 1. The van der Waals surface area contributed by atoms with Gasteiger partial charge in [0.2, 0.25) is 15.9 Å². The van der Waals surface area contributed by atoms with Crippen molar-refractivity contribution in [2.24, 2.45) is 5.14 Å². The van der Waals surface area contributed by atoms with Gasteiger partial charge in [0.1, 0.15) is 5.76 Å². The summed E-state index contributed by atoms with van der Waals surface area (Å²) in [4.78, 5) is 26.0. The number of nitrogens with two attached hydrogens (primary N) is 1. The van der Waals surface area contributed by atoms with Crippen LogP contribution in [0.5, 0.6) is 0 Å². The largest absolute Gasteiger partial charge is 0.468 e. The van der Waals surface area contributed by atoms with Crippen LogP contribution in [0.15, 0.2) is 92.0 Å². The Morgan fingerprint density at radius 2 is 1.82 bits per heavy atom. The fourth-order valence-corrected chi connectivity index (χ4v) is 5.59. The van der Waals surface area contributed by atoms with Gasteiger partial charge < -0.3 is 20.4 Å². The third-order valence-electron chi connectivity index (χ3n) is 5.96. The van der Waals surface area contributed by atoms with E-state index in [-0.39, 0.29) is 27.7 Å². The summed E-state index contributed by atoms with van der Waals surface area (Å²) < 4.78 is 28.7. The zero-order valence-electron chi connectivity index (χ0n) is 21.3. The molecule has 1 aromatic heterocycles. The van der Waals surface area contributed by atoms with E-state index in [9.17, 15) is 23.3 Å². The number of nitrogens with one attached hydrogen (secondary N) is 3. The molecular formula is C27H24ClN5O5S2. The Bertz CT molecular complexity index is 1670. The van der Waals surface area contributed by atoms with Crippen LogP contribution in [0.25, 0.3) is 0 Å². The molecule has 1 aliphatic heterocycles. The van der Waals surface area contributed by atoms with Crippen molar-refractivity contribution in [1.29, 1.82) is 5.26 Å². The lowest BCUT2D eigenvalue weighted by molar-refractivity contribution is -0.114. The number of hydrogen-bond acceptors (Lipinski definition) is 8. The minimum absolute atomic E-state index is 0.0188. The highest BCUT2D eigenvalue weighted by Gasteiger charge is 2.36. The Morgan fingerprint density at radius 3 is 2.42 bits per heavy atom. The maximum Gasteiger partial charge on any atom is 0.254 e. The molecule has 1 aliphatic rings. The van der Waals surface area contributed by atoms with Crippen molar-refractivity contribution in [3.63, 3.8) is 0 Å². The van der Waals surface area contributed by atoms with Crippen LogP contribution < -0.4 is 21.1 Å². The van der Waals surface area contributed by atoms with Gasteiger partial charge in [-0.25, -0.2) is 13.6 Å². The van der Waals surface area contributed by atoms with E-state index in [4.69, 9.17) is 21.2 Å². The first kappa shape index (κ1) is 29.0. The molecule has 13 heteroatoms. The van der Waals surface area contributed by atoms with Crippen molar-refractivity contribution in [2.75, 3.05) is 16.4 Å². The molecule has 0 unspecified atom stereocenters. The highest BCUT2D eigenvalue weighted by Crippen LogP contribution is 2.41. The van der Waals surface area contributed by atoms with Gasteiger partial charge in [0.25, 0.3) is 5.91 Å². The van der Waals surface area contributed by atoms with Gasteiger partial charge in [-0.2, -0.15) is 5.26 Å². The van der Waals surface area contributed by atoms with E-state index >= 15 is 0 Å². The number of anilines is 2. The molecule has 206 valence electrons. The zero-order valence-corrected chi connectivity index (χ0v) is 23.7. The highest BCUT2D eigenvalue weighted by atomic mass is 35.5. The van der Waals surface area contributed by atoms with Gasteiger partial charge in [0, 0.05) is 22.1 Å². The van der Waals surface area contributed by atoms with Crippen LogP contribution in [0.1, 0.15) is 24.2 Å². The maximum atomic E-state index is 13.4. The topological polar surface area (TPSA) is 167 Å². The molecule has 10 nitrogen and oxygen atoms in total. The van der Waals surface area contributed by atoms with Crippen molar-refractivity contribution in [3.05, 3.63) is 99.1 Å². The fraction of sp³-hybridized carbons (Fsp3) is 0.148. The standard InChI is InChI=1S/C27H24ClN5O5S2/c1-15-5-6-18(12-21(15)28)32-23(34)14-39-27-20(13-29)25(22-4-3-11-38-22)24(16(2)31-27)26(35)33-17-7-9-19(10-8-17)40(30,36)37/h3-12,25,31H,14H2,1-2H3,(H,32,34)(H,33,35)(H2,30,36,37)/t25-/m1/s1. The smallest absolute Gasteiger partial charge is 0.254 e. The number of benzene rings is 2. The molecule has 0 radical (unpaired) electrons. The summed E-state index contributed by atoms with van der Waals surface area (Å²) in [6.07, 6.45) is 1.44. The molecule has 1 atom stereocenters. The monoisotopic (exact) mass is 597 g/mol. The number of nitriles is 1. The summed E-state index contributed by atoms with van der Waals surface area (Å²) in [5.74, 6) is -1.34. The normalized spacial score (nSPS) is 15.3. The minimum atomic E-state index is -3.89. The number of dihydropyridines is 1. The van der Waals surface area contributed by atoms with Crippen molar-refractivity contribution in [3.8, 4) is 6.07 Å². The van der Waals surface area contributed by atoms with Gasteiger partial charge in [0.05, 0.1) is 45.1 Å². The number of rotatable bonds is 8. The Morgan fingerprint density at radius 1 is 1.12 bits per heavy atom. The summed E-state index contributed by atoms with van der Waals surface area (Å²) in [6.45, 7) is 3.54. The number of furan rings is 1. The molecular weight excluding hydrogens is 574 g/mol. The van der Waals surface area contributed by atoms with Crippen LogP contribution in [0.4, 0.5) is 11.4 Å². The van der Waals surface area contributed by atoms with E-state index in [1.165, 1.54) is 30.5 Å². The van der Waals surface area contributed by atoms with Gasteiger partial charge in [0.15, 0.2) is 0 Å². The number of carbonyl (C=O) groups excluding carboxylic acids is 2. The van der Waals surface area contributed by atoms with Gasteiger partial charge in [-0.3, -0.25) is 9.59 Å². The SMILES string of the molecule is CC1=C(C(=O)Nc2ccc(S(N)(=O)=O)cc2)[C@@H](c2ccco2)C(C#N)=C(SCC(=O)Nc2ccc(C)c(Cl)c2)N1. The Kier molecular flexibility index (Phi) is 8.70. The van der Waals surface area contributed by atoms with Crippen LogP contribution in [0.3, 0.4) is 0 Å². The molecule has 0 saturated carbocycles. The van der Waals surface area contributed by atoms with Crippen molar-refractivity contribution < 1.29 is 22.4 Å². The number of primary sulfonamides is 1. The first-order valence-corrected chi connectivity index (χ1v) is 14.7. The zero-order chi connectivity index (χ0) is 29.0. The molecule has 2 heterocycles. The van der Waals surface area contributed by atoms with E-state index in [0.717, 1.165) is 17.3 Å². The molecule has 5 N–H and O–H groups in total. The number of allylic oxidation sites excluding steroid dienone is 2. The maximum absolute atomic E-state index is 13.4. The van der Waals surface area contributed by atoms with Gasteiger partial charge in [-0.1, -0.05) is 29.4 Å². The molecule has 0 bridgehead atoms. The van der Waals surface area contributed by atoms with E-state index in [1.54, 1.807) is 37.3 Å². The lowest BCUT2D eigenvalue weighted by Crippen LogP contribution is -2.31. The summed E-state index contributed by atoms with van der Waals surface area (Å²) in [5, 5.41) is 24.8. The second-order valence-electron chi connectivity index (χ2n) is 8.79. The van der Waals surface area contributed by atoms with Gasteiger partial charge in [-0.15, -0.1) is 0 Å². The van der Waals surface area contributed by atoms with E-state index < -0.39 is 21.8 Å². The Hall–Kier alpha value is -4.02. The van der Waals surface area contributed by atoms with Crippen LogP contribution in [0, 0.1) is 18.3 Å². The molecule has 0 saturated heterocycles. The average molecular weight is 598 g/mol. The number of thioether (sulfide) groups is 1. The molecule has 4 rings (SSSR count). The Balaban J connectivity index is 1.56. The molecule has 0 spiro atoms. The lowest BCUT2D eigenvalue weighted by atomic mass is 9.85. The molecule has 40 heavy (non-hydrogen) atoms. The molecule has 2 amide bonds. The average Bonchev–Trinajstić information content (AvgIpc) is 3.43. The van der Waals surface area contributed by atoms with E-state index in [0.29, 0.717) is 32.9 Å². The third-order valence-corrected chi connectivity index (χ3v) is 8.32. The lowest BCUT2D eigenvalue weighted by Gasteiger charge is -2.28. The first-order valence-electron chi connectivity index (χ1n) is 11.8. The van der Waals surface area contributed by atoms with E-state index in [2.05, 4.69) is 22.0 Å².